The fraction of sp³-hybridized carbons (Fsp3) is 0.0909. The van der Waals surface area contributed by atoms with Crippen LogP contribution in [0.3, 0.4) is 0 Å². The maximum Gasteiger partial charge on any atom is 0.251 e. The Bertz CT molecular complexity index is 878. The number of hydrogen-bond acceptors (Lipinski definition) is 3. The number of para-hydroxylation sites is 1. The maximum absolute atomic E-state index is 12.2. The molecule has 136 valence electrons. The summed E-state index contributed by atoms with van der Waals surface area (Å²) in [6, 6.07) is 26.1. The first kappa shape index (κ1) is 18.2. The highest BCUT2D eigenvalue weighted by Gasteiger charge is 2.06. The van der Waals surface area contributed by atoms with Crippen LogP contribution in [0.25, 0.3) is 0 Å². The lowest BCUT2D eigenvalue weighted by molar-refractivity contribution is -0.114. The fourth-order valence-corrected chi connectivity index (χ4v) is 2.53. The summed E-state index contributed by atoms with van der Waals surface area (Å²) < 4.78 is 0. The Morgan fingerprint density at radius 1 is 0.704 bits per heavy atom. The van der Waals surface area contributed by atoms with E-state index >= 15 is 0 Å². The summed E-state index contributed by atoms with van der Waals surface area (Å²) in [6.07, 6.45) is 0. The van der Waals surface area contributed by atoms with Gasteiger partial charge >= 0.3 is 0 Å². The highest BCUT2D eigenvalue weighted by molar-refractivity contribution is 5.95. The van der Waals surface area contributed by atoms with Crippen LogP contribution in [0.4, 0.5) is 11.4 Å². The second kappa shape index (κ2) is 9.20. The number of amides is 2. The third-order valence-corrected chi connectivity index (χ3v) is 3.95. The molecular formula is C22H21N3O2. The third kappa shape index (κ3) is 5.71. The molecule has 0 heterocycles. The van der Waals surface area contributed by atoms with Gasteiger partial charge in [0.25, 0.3) is 5.91 Å². The molecule has 0 radical (unpaired) electrons. The van der Waals surface area contributed by atoms with E-state index in [-0.39, 0.29) is 18.4 Å². The van der Waals surface area contributed by atoms with E-state index in [1.807, 2.05) is 60.7 Å². The Morgan fingerprint density at radius 2 is 1.33 bits per heavy atom. The topological polar surface area (TPSA) is 70.2 Å². The maximum atomic E-state index is 12.2. The number of hydrogen-bond donors (Lipinski definition) is 3. The highest BCUT2D eigenvalue weighted by Crippen LogP contribution is 2.10. The predicted octanol–water partition coefficient (Wildman–Crippen LogP) is 3.67. The molecule has 0 aromatic heterocycles. The van der Waals surface area contributed by atoms with Crippen molar-refractivity contribution in [3.05, 3.63) is 96.1 Å². The average Bonchev–Trinajstić information content (AvgIpc) is 2.72. The zero-order chi connectivity index (χ0) is 18.9. The molecule has 3 aromatic rings. The fourth-order valence-electron chi connectivity index (χ4n) is 2.53. The third-order valence-electron chi connectivity index (χ3n) is 3.95. The normalized spacial score (nSPS) is 10.1. The van der Waals surface area contributed by atoms with Crippen molar-refractivity contribution in [3.8, 4) is 0 Å². The minimum atomic E-state index is -0.133. The quantitative estimate of drug-likeness (QED) is 0.603. The van der Waals surface area contributed by atoms with E-state index < -0.39 is 0 Å². The first-order chi connectivity index (χ1) is 13.2. The smallest absolute Gasteiger partial charge is 0.251 e. The number of carbonyl (C=O) groups is 2. The van der Waals surface area contributed by atoms with Gasteiger partial charge in [-0.25, -0.2) is 0 Å². The van der Waals surface area contributed by atoms with Gasteiger partial charge in [-0.15, -0.1) is 0 Å². The summed E-state index contributed by atoms with van der Waals surface area (Å²) in [7, 11) is 0. The Labute approximate surface area is 158 Å². The molecule has 0 spiro atoms. The van der Waals surface area contributed by atoms with Crippen molar-refractivity contribution in [2.45, 2.75) is 6.54 Å². The molecule has 0 saturated carbocycles. The van der Waals surface area contributed by atoms with Gasteiger partial charge in [0.2, 0.25) is 5.91 Å². The van der Waals surface area contributed by atoms with Crippen molar-refractivity contribution in [2.24, 2.45) is 0 Å². The first-order valence-electron chi connectivity index (χ1n) is 8.72. The zero-order valence-corrected chi connectivity index (χ0v) is 14.8. The molecule has 0 atom stereocenters. The molecule has 0 aliphatic carbocycles. The molecule has 3 N–H and O–H groups in total. The molecule has 2 amide bonds. The van der Waals surface area contributed by atoms with Gasteiger partial charge in [0.05, 0.1) is 6.54 Å². The molecule has 3 aromatic carbocycles. The van der Waals surface area contributed by atoms with Crippen molar-refractivity contribution in [1.82, 2.24) is 5.32 Å². The number of nitrogens with one attached hydrogen (secondary N) is 3. The molecule has 0 fully saturated rings. The Hall–Kier alpha value is -3.60. The van der Waals surface area contributed by atoms with E-state index in [1.54, 1.807) is 24.3 Å². The number of rotatable bonds is 7. The monoisotopic (exact) mass is 359 g/mol. The number of anilines is 2. The van der Waals surface area contributed by atoms with Gasteiger partial charge in [-0.2, -0.15) is 0 Å². The Balaban J connectivity index is 1.46. The van der Waals surface area contributed by atoms with E-state index in [0.29, 0.717) is 12.1 Å². The van der Waals surface area contributed by atoms with Crippen molar-refractivity contribution in [1.29, 1.82) is 0 Å². The Kier molecular flexibility index (Phi) is 6.20. The van der Waals surface area contributed by atoms with Gasteiger partial charge in [-0.1, -0.05) is 48.5 Å². The number of carbonyl (C=O) groups excluding carboxylic acids is 2. The lowest BCUT2D eigenvalue weighted by atomic mass is 10.1. The zero-order valence-electron chi connectivity index (χ0n) is 14.8. The summed E-state index contributed by atoms with van der Waals surface area (Å²) in [5.41, 5.74) is 3.16. The first-order valence-corrected chi connectivity index (χ1v) is 8.72. The SMILES string of the molecule is O=C(CNc1ccc(C(=O)NCc2ccccc2)cc1)Nc1ccccc1. The summed E-state index contributed by atoms with van der Waals surface area (Å²) in [5.74, 6) is -0.266. The van der Waals surface area contributed by atoms with Crippen molar-refractivity contribution in [2.75, 3.05) is 17.2 Å². The van der Waals surface area contributed by atoms with Gasteiger partial charge in [0, 0.05) is 23.5 Å². The summed E-state index contributed by atoms with van der Waals surface area (Å²) >= 11 is 0. The van der Waals surface area contributed by atoms with Crippen LogP contribution in [0, 0.1) is 0 Å². The molecule has 0 unspecified atom stereocenters. The number of benzene rings is 3. The van der Waals surface area contributed by atoms with Crippen molar-refractivity contribution < 1.29 is 9.59 Å². The molecule has 5 heteroatoms. The van der Waals surface area contributed by atoms with Crippen LogP contribution in [0.15, 0.2) is 84.9 Å². The van der Waals surface area contributed by atoms with Crippen LogP contribution in [-0.4, -0.2) is 18.4 Å². The van der Waals surface area contributed by atoms with Crippen LogP contribution < -0.4 is 16.0 Å². The van der Waals surface area contributed by atoms with Crippen LogP contribution in [0.5, 0.6) is 0 Å². The van der Waals surface area contributed by atoms with Crippen LogP contribution in [0.1, 0.15) is 15.9 Å². The Morgan fingerprint density at radius 3 is 2.00 bits per heavy atom. The predicted molar refractivity (Wildman–Crippen MR) is 108 cm³/mol. The minimum absolute atomic E-state index is 0.132. The van der Waals surface area contributed by atoms with Crippen LogP contribution in [-0.2, 0) is 11.3 Å². The minimum Gasteiger partial charge on any atom is -0.376 e. The average molecular weight is 359 g/mol. The van der Waals surface area contributed by atoms with E-state index in [9.17, 15) is 9.59 Å². The molecule has 0 saturated heterocycles. The van der Waals surface area contributed by atoms with Crippen molar-refractivity contribution in [3.63, 3.8) is 0 Å². The van der Waals surface area contributed by atoms with Gasteiger partial charge in [-0.05, 0) is 42.0 Å². The second-order valence-corrected chi connectivity index (χ2v) is 6.01. The molecule has 0 bridgehead atoms. The molecule has 5 nitrogen and oxygen atoms in total. The van der Waals surface area contributed by atoms with E-state index in [4.69, 9.17) is 0 Å². The van der Waals surface area contributed by atoms with Crippen LogP contribution >= 0.6 is 0 Å². The second-order valence-electron chi connectivity index (χ2n) is 6.01. The molecule has 27 heavy (non-hydrogen) atoms. The van der Waals surface area contributed by atoms with Gasteiger partial charge < -0.3 is 16.0 Å². The highest BCUT2D eigenvalue weighted by atomic mass is 16.2. The van der Waals surface area contributed by atoms with E-state index in [1.165, 1.54) is 0 Å². The van der Waals surface area contributed by atoms with E-state index in [2.05, 4.69) is 16.0 Å². The summed E-state index contributed by atoms with van der Waals surface area (Å²) in [5, 5.41) is 8.74. The molecular weight excluding hydrogens is 338 g/mol. The lowest BCUT2D eigenvalue weighted by Crippen LogP contribution is -2.23. The largest absolute Gasteiger partial charge is 0.376 e. The summed E-state index contributed by atoms with van der Waals surface area (Å²) in [4.78, 5) is 24.1. The van der Waals surface area contributed by atoms with Gasteiger partial charge in [0.1, 0.15) is 0 Å². The van der Waals surface area contributed by atoms with Crippen molar-refractivity contribution >= 4 is 23.2 Å². The van der Waals surface area contributed by atoms with Gasteiger partial charge in [-0.3, -0.25) is 9.59 Å². The van der Waals surface area contributed by atoms with Crippen LogP contribution in [0.2, 0.25) is 0 Å². The lowest BCUT2D eigenvalue weighted by Gasteiger charge is -2.09. The molecule has 0 aliphatic heterocycles. The molecule has 3 rings (SSSR count). The molecule has 0 aliphatic rings. The summed E-state index contributed by atoms with van der Waals surface area (Å²) in [6.45, 7) is 0.633. The standard InChI is InChI=1S/C22H21N3O2/c26-21(25-20-9-5-2-6-10-20)16-23-19-13-11-18(12-14-19)22(27)24-15-17-7-3-1-4-8-17/h1-14,23H,15-16H2,(H,24,27)(H,25,26). The van der Waals surface area contributed by atoms with E-state index in [0.717, 1.165) is 16.9 Å². The van der Waals surface area contributed by atoms with Gasteiger partial charge in [0.15, 0.2) is 0 Å².